The monoisotopic (exact) mass is 353 g/mol. The van der Waals surface area contributed by atoms with Crippen LogP contribution in [0.3, 0.4) is 0 Å². The zero-order valence-corrected chi connectivity index (χ0v) is 11.6. The summed E-state index contributed by atoms with van der Waals surface area (Å²) in [6.07, 6.45) is 4.24. The highest BCUT2D eigenvalue weighted by atomic mass is 127. The second kappa shape index (κ2) is 6.26. The molecule has 7 heteroatoms. The van der Waals surface area contributed by atoms with Gasteiger partial charge in [-0.1, -0.05) is 17.8 Å². The number of halogens is 1. The van der Waals surface area contributed by atoms with Gasteiger partial charge in [-0.05, 0) is 45.6 Å². The molecular formula is C9H12IN3O2S. The molecule has 5 nitrogen and oxygen atoms in total. The van der Waals surface area contributed by atoms with Gasteiger partial charge >= 0.3 is 0 Å². The number of imide groups is 1. The second-order valence-electron chi connectivity index (χ2n) is 3.19. The second-order valence-corrected chi connectivity index (χ2v) is 5.76. The molecule has 0 saturated carbocycles. The normalized spacial score (nSPS) is 22.3. The predicted molar refractivity (Wildman–Crippen MR) is 72.7 cm³/mol. The molecule has 2 amide bonds. The Hall–Kier alpha value is -0.540. The first-order valence-corrected chi connectivity index (χ1v) is 6.50. The van der Waals surface area contributed by atoms with Crippen LogP contribution >= 0.6 is 34.4 Å². The molecule has 1 fully saturated rings. The summed E-state index contributed by atoms with van der Waals surface area (Å²) in [6, 6.07) is 0. The van der Waals surface area contributed by atoms with E-state index in [0.29, 0.717) is 6.42 Å². The van der Waals surface area contributed by atoms with Crippen LogP contribution in [-0.4, -0.2) is 16.4 Å². The fourth-order valence-electron chi connectivity index (χ4n) is 1.04. The van der Waals surface area contributed by atoms with E-state index in [1.807, 2.05) is 19.1 Å². The number of nitrogens with one attached hydrogen (secondary N) is 2. The third-order valence-electron chi connectivity index (χ3n) is 1.89. The molecule has 0 spiro atoms. The number of rotatable bonds is 4. The minimum Gasteiger partial charge on any atom is -0.329 e. The van der Waals surface area contributed by atoms with E-state index in [9.17, 15) is 9.59 Å². The number of hydrogen-bond donors (Lipinski definition) is 3. The zero-order chi connectivity index (χ0) is 12.1. The summed E-state index contributed by atoms with van der Waals surface area (Å²) >= 11 is 3.18. The van der Waals surface area contributed by atoms with E-state index >= 15 is 0 Å². The average Bonchev–Trinajstić information content (AvgIpc) is 2.54. The van der Waals surface area contributed by atoms with Crippen molar-refractivity contribution in [2.45, 2.75) is 18.6 Å². The molecule has 1 unspecified atom stereocenters. The fourth-order valence-corrected chi connectivity index (χ4v) is 2.80. The van der Waals surface area contributed by atoms with Gasteiger partial charge in [-0.15, -0.1) is 0 Å². The molecule has 1 aliphatic rings. The molecule has 1 heterocycles. The van der Waals surface area contributed by atoms with Crippen LogP contribution in [0.1, 0.15) is 13.3 Å². The molecule has 0 aromatic heterocycles. The van der Waals surface area contributed by atoms with Crippen molar-refractivity contribution in [1.82, 2.24) is 10.7 Å². The average molecular weight is 353 g/mol. The minimum absolute atomic E-state index is 0.213. The van der Waals surface area contributed by atoms with Crippen LogP contribution in [0.15, 0.2) is 21.4 Å². The number of hydrazine groups is 1. The Bertz CT molecular complexity index is 368. The Labute approximate surface area is 111 Å². The number of carbonyl (C=O) groups excluding carboxylic acids is 2. The summed E-state index contributed by atoms with van der Waals surface area (Å²) in [6.45, 7) is 1.83. The SMILES string of the molecule is C/C(=C\C=C(/I)CC1SC(=O)NC1=O)NN. The maximum Gasteiger partial charge on any atom is 0.286 e. The summed E-state index contributed by atoms with van der Waals surface area (Å²) in [5.41, 5.74) is 3.33. The van der Waals surface area contributed by atoms with E-state index < -0.39 is 0 Å². The van der Waals surface area contributed by atoms with E-state index in [4.69, 9.17) is 5.84 Å². The van der Waals surface area contributed by atoms with Gasteiger partial charge in [-0.25, -0.2) is 0 Å². The molecule has 1 saturated heterocycles. The Kier molecular flexibility index (Phi) is 5.29. The molecule has 1 atom stereocenters. The smallest absolute Gasteiger partial charge is 0.286 e. The van der Waals surface area contributed by atoms with Crippen molar-refractivity contribution in [3.05, 3.63) is 21.4 Å². The maximum absolute atomic E-state index is 11.3. The molecule has 0 bridgehead atoms. The highest BCUT2D eigenvalue weighted by Crippen LogP contribution is 2.27. The number of carbonyl (C=O) groups is 2. The van der Waals surface area contributed by atoms with Crippen molar-refractivity contribution in [2.75, 3.05) is 0 Å². The van der Waals surface area contributed by atoms with Crippen molar-refractivity contribution in [1.29, 1.82) is 0 Å². The van der Waals surface area contributed by atoms with Gasteiger partial charge in [0.1, 0.15) is 0 Å². The Morgan fingerprint density at radius 1 is 1.62 bits per heavy atom. The van der Waals surface area contributed by atoms with Crippen LogP contribution in [0, 0.1) is 0 Å². The largest absolute Gasteiger partial charge is 0.329 e. The Balaban J connectivity index is 2.54. The lowest BCUT2D eigenvalue weighted by Crippen LogP contribution is -2.24. The number of amides is 2. The van der Waals surface area contributed by atoms with Crippen LogP contribution in [0.5, 0.6) is 0 Å². The molecule has 0 aliphatic carbocycles. The van der Waals surface area contributed by atoms with Crippen molar-refractivity contribution in [2.24, 2.45) is 5.84 Å². The lowest BCUT2D eigenvalue weighted by Gasteiger charge is -2.03. The molecule has 0 radical (unpaired) electrons. The summed E-state index contributed by atoms with van der Waals surface area (Å²) in [7, 11) is 0. The van der Waals surface area contributed by atoms with E-state index in [-0.39, 0.29) is 16.4 Å². The number of thioether (sulfide) groups is 1. The molecule has 0 aromatic rings. The lowest BCUT2D eigenvalue weighted by molar-refractivity contribution is -0.118. The van der Waals surface area contributed by atoms with E-state index in [1.54, 1.807) is 0 Å². The summed E-state index contributed by atoms with van der Waals surface area (Å²) in [5.74, 6) is 4.99. The lowest BCUT2D eigenvalue weighted by atomic mass is 10.2. The van der Waals surface area contributed by atoms with E-state index in [0.717, 1.165) is 21.0 Å². The van der Waals surface area contributed by atoms with Crippen LogP contribution in [0.25, 0.3) is 0 Å². The van der Waals surface area contributed by atoms with Crippen molar-refractivity contribution in [3.63, 3.8) is 0 Å². The van der Waals surface area contributed by atoms with Gasteiger partial charge in [0.25, 0.3) is 5.24 Å². The summed E-state index contributed by atoms with van der Waals surface area (Å²) < 4.78 is 0.995. The Morgan fingerprint density at radius 3 is 2.81 bits per heavy atom. The Morgan fingerprint density at radius 2 is 2.31 bits per heavy atom. The topological polar surface area (TPSA) is 84.2 Å². The van der Waals surface area contributed by atoms with Crippen LogP contribution < -0.4 is 16.6 Å². The minimum atomic E-state index is -0.310. The van der Waals surface area contributed by atoms with Crippen LogP contribution in [0.2, 0.25) is 0 Å². The van der Waals surface area contributed by atoms with Crippen LogP contribution in [-0.2, 0) is 4.79 Å². The van der Waals surface area contributed by atoms with Crippen molar-refractivity contribution in [3.8, 4) is 0 Å². The standard InChI is InChI=1S/C9H12IN3O2S/c1-5(13-11)2-3-6(10)4-7-8(14)12-9(15)16-7/h2-3,7,13H,4,11H2,1H3,(H,12,14,15)/b5-2+,6-3-. The van der Waals surface area contributed by atoms with E-state index in [1.165, 1.54) is 0 Å². The highest BCUT2D eigenvalue weighted by Gasteiger charge is 2.31. The molecule has 1 rings (SSSR count). The predicted octanol–water partition coefficient (Wildman–Crippen LogP) is 1.41. The first-order valence-electron chi connectivity index (χ1n) is 4.54. The molecular weight excluding hydrogens is 341 g/mol. The molecule has 16 heavy (non-hydrogen) atoms. The first-order chi connectivity index (χ1) is 7.52. The van der Waals surface area contributed by atoms with E-state index in [2.05, 4.69) is 33.3 Å². The first kappa shape index (κ1) is 13.5. The highest BCUT2D eigenvalue weighted by molar-refractivity contribution is 14.1. The number of hydrogen-bond acceptors (Lipinski definition) is 5. The summed E-state index contributed by atoms with van der Waals surface area (Å²) in [5, 5.41) is 1.68. The van der Waals surface area contributed by atoms with Crippen molar-refractivity contribution < 1.29 is 9.59 Å². The van der Waals surface area contributed by atoms with Gasteiger partial charge in [0.2, 0.25) is 5.91 Å². The van der Waals surface area contributed by atoms with Gasteiger partial charge in [-0.2, -0.15) is 0 Å². The number of allylic oxidation sites excluding steroid dienone is 4. The van der Waals surface area contributed by atoms with Crippen molar-refractivity contribution >= 4 is 45.5 Å². The summed E-state index contributed by atoms with van der Waals surface area (Å²) in [4.78, 5) is 22.2. The zero-order valence-electron chi connectivity index (χ0n) is 8.62. The fraction of sp³-hybridized carbons (Fsp3) is 0.333. The van der Waals surface area contributed by atoms with Gasteiger partial charge in [-0.3, -0.25) is 20.7 Å². The van der Waals surface area contributed by atoms with Gasteiger partial charge in [0, 0.05) is 5.70 Å². The molecule has 4 N–H and O–H groups in total. The molecule has 88 valence electrons. The van der Waals surface area contributed by atoms with Gasteiger partial charge in [0.15, 0.2) is 0 Å². The third-order valence-corrected chi connectivity index (χ3v) is 3.67. The van der Waals surface area contributed by atoms with Gasteiger partial charge in [0.05, 0.1) is 5.25 Å². The van der Waals surface area contributed by atoms with Crippen LogP contribution in [0.4, 0.5) is 4.79 Å². The van der Waals surface area contributed by atoms with Gasteiger partial charge < -0.3 is 5.43 Å². The quantitative estimate of drug-likeness (QED) is 0.308. The molecule has 0 aromatic carbocycles. The third kappa shape index (κ3) is 4.14. The molecule has 1 aliphatic heterocycles. The number of nitrogens with two attached hydrogens (primary N) is 1. The maximum atomic E-state index is 11.3.